The predicted molar refractivity (Wildman–Crippen MR) is 58.6 cm³/mol. The lowest BCUT2D eigenvalue weighted by Crippen LogP contribution is -2.24. The molecule has 0 aromatic carbocycles. The van der Waals surface area contributed by atoms with Crippen molar-refractivity contribution in [2.75, 3.05) is 18.9 Å². The van der Waals surface area contributed by atoms with E-state index in [-0.39, 0.29) is 5.56 Å². The van der Waals surface area contributed by atoms with Gasteiger partial charge in [0.05, 0.1) is 13.2 Å². The Bertz CT molecular complexity index is 349. The summed E-state index contributed by atoms with van der Waals surface area (Å²) in [6.07, 6.45) is 2.15. The van der Waals surface area contributed by atoms with Crippen LogP contribution >= 0.6 is 0 Å². The molecule has 0 unspecified atom stereocenters. The molecule has 0 fully saturated rings. The summed E-state index contributed by atoms with van der Waals surface area (Å²) in [5.41, 5.74) is 5.32. The van der Waals surface area contributed by atoms with Gasteiger partial charge in [-0.25, -0.2) is 4.68 Å². The number of rotatable bonds is 6. The van der Waals surface area contributed by atoms with Gasteiger partial charge in [0.1, 0.15) is 5.82 Å². The van der Waals surface area contributed by atoms with Crippen LogP contribution in [0.3, 0.4) is 0 Å². The van der Waals surface area contributed by atoms with Crippen molar-refractivity contribution < 1.29 is 4.74 Å². The van der Waals surface area contributed by atoms with E-state index >= 15 is 0 Å². The Labute approximate surface area is 88.9 Å². The minimum absolute atomic E-state index is 0.150. The molecule has 0 spiro atoms. The van der Waals surface area contributed by atoms with E-state index in [9.17, 15) is 4.79 Å². The van der Waals surface area contributed by atoms with E-state index in [0.717, 1.165) is 19.4 Å². The van der Waals surface area contributed by atoms with E-state index in [1.165, 1.54) is 16.8 Å². The predicted octanol–water partition coefficient (Wildman–Crippen LogP) is 0.642. The summed E-state index contributed by atoms with van der Waals surface area (Å²) in [5.74, 6) is 0.350. The van der Waals surface area contributed by atoms with Crippen LogP contribution in [0.1, 0.15) is 19.8 Å². The fourth-order valence-electron chi connectivity index (χ4n) is 1.12. The maximum Gasteiger partial charge on any atom is 0.266 e. The van der Waals surface area contributed by atoms with Gasteiger partial charge in [0.2, 0.25) is 0 Å². The molecule has 1 aromatic heterocycles. The Morgan fingerprint density at radius 3 is 3.00 bits per heavy atom. The van der Waals surface area contributed by atoms with Crippen molar-refractivity contribution >= 4 is 5.82 Å². The molecule has 0 radical (unpaired) electrons. The topological polar surface area (TPSA) is 70.1 Å². The van der Waals surface area contributed by atoms with E-state index in [2.05, 4.69) is 12.0 Å². The highest BCUT2D eigenvalue weighted by Crippen LogP contribution is 1.91. The quantitative estimate of drug-likeness (QED) is 0.701. The van der Waals surface area contributed by atoms with Crippen molar-refractivity contribution in [3.05, 3.63) is 22.5 Å². The third-order valence-corrected chi connectivity index (χ3v) is 1.98. The van der Waals surface area contributed by atoms with Gasteiger partial charge < -0.3 is 10.5 Å². The summed E-state index contributed by atoms with van der Waals surface area (Å²) >= 11 is 0. The SMILES string of the molecule is CCCCOCCn1nc(N)ccc1=O. The lowest BCUT2D eigenvalue weighted by Gasteiger charge is -2.05. The van der Waals surface area contributed by atoms with Gasteiger partial charge in [-0.3, -0.25) is 4.79 Å². The largest absolute Gasteiger partial charge is 0.382 e. The number of aromatic nitrogens is 2. The Morgan fingerprint density at radius 1 is 1.47 bits per heavy atom. The lowest BCUT2D eigenvalue weighted by molar-refractivity contribution is 0.120. The van der Waals surface area contributed by atoms with Crippen molar-refractivity contribution in [2.45, 2.75) is 26.3 Å². The zero-order chi connectivity index (χ0) is 11.1. The van der Waals surface area contributed by atoms with E-state index in [0.29, 0.717) is 19.0 Å². The van der Waals surface area contributed by atoms with Crippen LogP contribution in [0.5, 0.6) is 0 Å². The van der Waals surface area contributed by atoms with E-state index in [4.69, 9.17) is 10.5 Å². The Morgan fingerprint density at radius 2 is 2.27 bits per heavy atom. The van der Waals surface area contributed by atoms with Gasteiger partial charge in [-0.05, 0) is 12.5 Å². The maximum absolute atomic E-state index is 11.3. The standard InChI is InChI=1S/C10H17N3O2/c1-2-3-7-15-8-6-13-10(14)5-4-9(11)12-13/h4-5H,2-3,6-8H2,1H3,(H2,11,12). The van der Waals surface area contributed by atoms with Gasteiger partial charge in [-0.2, -0.15) is 5.10 Å². The van der Waals surface area contributed by atoms with Gasteiger partial charge in [-0.1, -0.05) is 13.3 Å². The van der Waals surface area contributed by atoms with E-state index in [1.54, 1.807) is 0 Å². The van der Waals surface area contributed by atoms with Crippen molar-refractivity contribution in [2.24, 2.45) is 0 Å². The van der Waals surface area contributed by atoms with Crippen molar-refractivity contribution in [1.29, 1.82) is 0 Å². The molecule has 0 aliphatic heterocycles. The van der Waals surface area contributed by atoms with Crippen LogP contribution in [-0.2, 0) is 11.3 Å². The number of hydrogen-bond acceptors (Lipinski definition) is 4. The molecule has 1 aromatic rings. The smallest absolute Gasteiger partial charge is 0.266 e. The molecule has 5 heteroatoms. The number of nitrogens with zero attached hydrogens (tertiary/aromatic N) is 2. The molecule has 0 amide bonds. The van der Waals surface area contributed by atoms with Crippen LogP contribution < -0.4 is 11.3 Å². The van der Waals surface area contributed by atoms with E-state index in [1.807, 2.05) is 0 Å². The van der Waals surface area contributed by atoms with Gasteiger partial charge in [-0.15, -0.1) is 0 Å². The summed E-state index contributed by atoms with van der Waals surface area (Å²) in [5, 5.41) is 3.89. The number of ether oxygens (including phenoxy) is 1. The molecule has 0 aliphatic carbocycles. The molecule has 0 saturated heterocycles. The van der Waals surface area contributed by atoms with Crippen LogP contribution in [0, 0.1) is 0 Å². The van der Waals surface area contributed by atoms with Crippen molar-refractivity contribution in [3.8, 4) is 0 Å². The molecule has 2 N–H and O–H groups in total. The molecule has 1 rings (SSSR count). The third kappa shape index (κ3) is 4.12. The average molecular weight is 211 g/mol. The number of anilines is 1. The monoisotopic (exact) mass is 211 g/mol. The Hall–Kier alpha value is -1.36. The molecule has 1 heterocycles. The summed E-state index contributed by atoms with van der Waals surface area (Å²) in [4.78, 5) is 11.3. The average Bonchev–Trinajstić information content (AvgIpc) is 2.23. The second-order valence-electron chi connectivity index (χ2n) is 3.29. The number of unbranched alkanes of at least 4 members (excludes halogenated alkanes) is 1. The molecule has 0 bridgehead atoms. The second-order valence-corrected chi connectivity index (χ2v) is 3.29. The molecular formula is C10H17N3O2. The molecule has 0 atom stereocenters. The number of nitrogens with two attached hydrogens (primary N) is 1. The zero-order valence-electron chi connectivity index (χ0n) is 8.98. The van der Waals surface area contributed by atoms with Gasteiger partial charge in [0.25, 0.3) is 5.56 Å². The summed E-state index contributed by atoms with van der Waals surface area (Å²) in [6.45, 7) is 3.78. The summed E-state index contributed by atoms with van der Waals surface area (Å²) in [7, 11) is 0. The second kappa shape index (κ2) is 6.19. The fourth-order valence-corrected chi connectivity index (χ4v) is 1.12. The maximum atomic E-state index is 11.3. The van der Waals surface area contributed by atoms with E-state index < -0.39 is 0 Å². The molecule has 5 nitrogen and oxygen atoms in total. The Balaban J connectivity index is 2.37. The minimum Gasteiger partial charge on any atom is -0.382 e. The number of hydrogen-bond donors (Lipinski definition) is 1. The third-order valence-electron chi connectivity index (χ3n) is 1.98. The highest BCUT2D eigenvalue weighted by molar-refractivity contribution is 5.23. The van der Waals surface area contributed by atoms with Crippen LogP contribution in [0.15, 0.2) is 16.9 Å². The molecule has 84 valence electrons. The zero-order valence-corrected chi connectivity index (χ0v) is 8.98. The molecule has 15 heavy (non-hydrogen) atoms. The van der Waals surface area contributed by atoms with Crippen LogP contribution in [0.2, 0.25) is 0 Å². The normalized spacial score (nSPS) is 10.5. The van der Waals surface area contributed by atoms with Crippen LogP contribution in [-0.4, -0.2) is 23.0 Å². The van der Waals surface area contributed by atoms with Crippen LogP contribution in [0.25, 0.3) is 0 Å². The number of nitrogen functional groups attached to an aromatic ring is 1. The van der Waals surface area contributed by atoms with Crippen molar-refractivity contribution in [3.63, 3.8) is 0 Å². The minimum atomic E-state index is -0.150. The summed E-state index contributed by atoms with van der Waals surface area (Å²) < 4.78 is 6.65. The summed E-state index contributed by atoms with van der Waals surface area (Å²) in [6, 6.07) is 2.91. The first kappa shape index (κ1) is 11.7. The van der Waals surface area contributed by atoms with Gasteiger partial charge in [0.15, 0.2) is 0 Å². The van der Waals surface area contributed by atoms with Crippen LogP contribution in [0.4, 0.5) is 5.82 Å². The first-order valence-corrected chi connectivity index (χ1v) is 5.15. The molecule has 0 saturated carbocycles. The van der Waals surface area contributed by atoms with Crippen molar-refractivity contribution in [1.82, 2.24) is 9.78 Å². The first-order chi connectivity index (χ1) is 7.24. The first-order valence-electron chi connectivity index (χ1n) is 5.15. The fraction of sp³-hybridized carbons (Fsp3) is 0.600. The molecular weight excluding hydrogens is 194 g/mol. The van der Waals surface area contributed by atoms with Gasteiger partial charge in [0, 0.05) is 12.7 Å². The van der Waals surface area contributed by atoms with Gasteiger partial charge >= 0.3 is 0 Å². The lowest BCUT2D eigenvalue weighted by atomic mass is 10.4. The highest BCUT2D eigenvalue weighted by Gasteiger charge is 1.97. The molecule has 0 aliphatic rings. The Kier molecular flexibility index (Phi) is 4.83. The highest BCUT2D eigenvalue weighted by atomic mass is 16.5.